The van der Waals surface area contributed by atoms with Gasteiger partial charge in [0.1, 0.15) is 0 Å². The molecule has 0 radical (unpaired) electrons. The lowest BCUT2D eigenvalue weighted by Gasteiger charge is -2.11. The molecule has 0 saturated carbocycles. The van der Waals surface area contributed by atoms with Gasteiger partial charge in [0.2, 0.25) is 0 Å². The molecule has 0 amide bonds. The van der Waals surface area contributed by atoms with Gasteiger partial charge in [0.15, 0.2) is 0 Å². The molecule has 0 bridgehead atoms. The van der Waals surface area contributed by atoms with Crippen LogP contribution < -0.4 is 16.4 Å². The van der Waals surface area contributed by atoms with E-state index in [1.54, 1.807) is 13.0 Å². The van der Waals surface area contributed by atoms with Crippen LogP contribution in [-0.2, 0) is 16.5 Å². The Labute approximate surface area is 114 Å². The lowest BCUT2D eigenvalue weighted by molar-refractivity contribution is 0.482. The molecule has 7 heteroatoms. The molecule has 1 fully saturated rings. The van der Waals surface area contributed by atoms with Crippen LogP contribution in [0.25, 0.3) is 0 Å². The fourth-order valence-electron chi connectivity index (χ4n) is 1.73. The van der Waals surface area contributed by atoms with E-state index >= 15 is 0 Å². The van der Waals surface area contributed by atoms with Gasteiger partial charge in [0.05, 0.1) is 4.90 Å². The minimum atomic E-state index is -4.12. The van der Waals surface area contributed by atoms with E-state index in [9.17, 15) is 8.42 Å². The molecular formula is C12H21N3O3S. The van der Waals surface area contributed by atoms with Crippen molar-refractivity contribution in [2.45, 2.75) is 18.2 Å². The number of hydrogen-bond donors (Lipinski definition) is 4. The Balaban J connectivity index is 0.000000250. The summed E-state index contributed by atoms with van der Waals surface area (Å²) in [7, 11) is -4.12. The maximum atomic E-state index is 10.8. The van der Waals surface area contributed by atoms with Crippen LogP contribution in [0.15, 0.2) is 23.1 Å². The number of rotatable bonds is 2. The molecule has 2 rings (SSSR count). The number of nitrogens with one attached hydrogen (secondary N) is 2. The van der Waals surface area contributed by atoms with E-state index in [2.05, 4.69) is 10.6 Å². The lowest BCUT2D eigenvalue weighted by atomic mass is 10.1. The predicted molar refractivity (Wildman–Crippen MR) is 75.8 cm³/mol. The number of aryl methyl sites for hydroxylation is 1. The number of nitrogen functional groups attached to an aromatic ring is 1. The van der Waals surface area contributed by atoms with Crippen molar-refractivity contribution < 1.29 is 13.0 Å². The molecule has 1 heterocycles. The highest BCUT2D eigenvalue weighted by atomic mass is 32.2. The van der Waals surface area contributed by atoms with Crippen LogP contribution >= 0.6 is 0 Å². The molecule has 5 N–H and O–H groups in total. The van der Waals surface area contributed by atoms with E-state index in [1.165, 1.54) is 12.1 Å². The number of hydrogen-bond acceptors (Lipinski definition) is 5. The molecule has 0 atom stereocenters. The second-order valence-electron chi connectivity index (χ2n) is 4.20. The minimum Gasteiger partial charge on any atom is -0.399 e. The first-order valence-corrected chi connectivity index (χ1v) is 7.66. The van der Waals surface area contributed by atoms with E-state index in [1.807, 2.05) is 0 Å². The molecular weight excluding hydrogens is 266 g/mol. The summed E-state index contributed by atoms with van der Waals surface area (Å²) in [6, 6.07) is 4.30. The Morgan fingerprint density at radius 1 is 1.21 bits per heavy atom. The Morgan fingerprint density at radius 2 is 1.74 bits per heavy atom. The maximum Gasteiger partial charge on any atom is 0.294 e. The van der Waals surface area contributed by atoms with Gasteiger partial charge >= 0.3 is 0 Å². The second-order valence-corrected chi connectivity index (χ2v) is 5.59. The topological polar surface area (TPSA) is 104 Å². The van der Waals surface area contributed by atoms with Gasteiger partial charge in [0.25, 0.3) is 10.1 Å². The zero-order valence-electron chi connectivity index (χ0n) is 11.0. The first kappa shape index (κ1) is 15.9. The van der Waals surface area contributed by atoms with Crippen molar-refractivity contribution in [2.24, 2.45) is 0 Å². The van der Waals surface area contributed by atoms with Crippen molar-refractivity contribution in [3.8, 4) is 0 Å². The number of benzene rings is 1. The van der Waals surface area contributed by atoms with Crippen molar-refractivity contribution in [2.75, 3.05) is 31.9 Å². The normalized spacial score (nSPS) is 15.5. The van der Waals surface area contributed by atoms with Crippen LogP contribution in [0.2, 0.25) is 0 Å². The second kappa shape index (κ2) is 7.44. The van der Waals surface area contributed by atoms with Gasteiger partial charge in [-0.05, 0) is 30.2 Å². The lowest BCUT2D eigenvalue weighted by Crippen LogP contribution is -2.39. The number of piperazine rings is 1. The summed E-state index contributed by atoms with van der Waals surface area (Å²) in [6.07, 6.45) is 0.514. The van der Waals surface area contributed by atoms with Crippen LogP contribution in [0.4, 0.5) is 5.69 Å². The molecule has 1 aliphatic heterocycles. The number of anilines is 1. The Bertz CT molecular complexity index is 487. The summed E-state index contributed by atoms with van der Waals surface area (Å²) in [5, 5.41) is 6.44. The van der Waals surface area contributed by atoms with Crippen LogP contribution in [0.1, 0.15) is 12.5 Å². The van der Waals surface area contributed by atoms with Crippen LogP contribution in [0.3, 0.4) is 0 Å². The van der Waals surface area contributed by atoms with E-state index < -0.39 is 10.1 Å². The van der Waals surface area contributed by atoms with Gasteiger partial charge in [-0.25, -0.2) is 0 Å². The van der Waals surface area contributed by atoms with Crippen LogP contribution in [0.5, 0.6) is 0 Å². The first-order chi connectivity index (χ1) is 8.95. The molecule has 1 aliphatic rings. The average molecular weight is 287 g/mol. The third-order valence-corrected chi connectivity index (χ3v) is 3.65. The van der Waals surface area contributed by atoms with E-state index in [4.69, 9.17) is 10.3 Å². The van der Waals surface area contributed by atoms with Gasteiger partial charge in [-0.3, -0.25) is 4.55 Å². The minimum absolute atomic E-state index is 0.0656. The highest BCUT2D eigenvalue weighted by Gasteiger charge is 2.13. The Morgan fingerprint density at radius 3 is 2.11 bits per heavy atom. The number of nitrogens with two attached hydrogens (primary N) is 1. The van der Waals surface area contributed by atoms with Gasteiger partial charge in [0, 0.05) is 31.9 Å². The molecule has 0 aromatic heterocycles. The van der Waals surface area contributed by atoms with Gasteiger partial charge in [-0.1, -0.05) is 6.92 Å². The van der Waals surface area contributed by atoms with Crippen LogP contribution in [-0.4, -0.2) is 39.1 Å². The van der Waals surface area contributed by atoms with Crippen molar-refractivity contribution in [3.05, 3.63) is 23.8 Å². The summed E-state index contributed by atoms with van der Waals surface area (Å²) in [5.74, 6) is 0. The van der Waals surface area contributed by atoms with Crippen molar-refractivity contribution >= 4 is 15.8 Å². The zero-order valence-corrected chi connectivity index (χ0v) is 11.8. The zero-order chi connectivity index (χ0) is 14.3. The highest BCUT2D eigenvalue weighted by Crippen LogP contribution is 2.18. The van der Waals surface area contributed by atoms with Gasteiger partial charge in [-0.2, -0.15) is 8.42 Å². The summed E-state index contributed by atoms with van der Waals surface area (Å²) in [6.45, 7) is 6.35. The standard InChI is InChI=1S/C8H11NO3S.C4H10N2/c1-2-6-5-7(9)3-4-8(6)13(10,11)12;1-2-6-4-3-5-1/h3-5H,2,9H2,1H3,(H,10,11,12);5-6H,1-4H2. The summed E-state index contributed by atoms with van der Waals surface area (Å²) in [4.78, 5) is -0.0656. The molecule has 19 heavy (non-hydrogen) atoms. The largest absolute Gasteiger partial charge is 0.399 e. The maximum absolute atomic E-state index is 10.8. The van der Waals surface area contributed by atoms with Gasteiger partial charge < -0.3 is 16.4 Å². The fourth-order valence-corrected chi connectivity index (χ4v) is 2.51. The van der Waals surface area contributed by atoms with Crippen molar-refractivity contribution in [3.63, 3.8) is 0 Å². The fraction of sp³-hybridized carbons (Fsp3) is 0.500. The Kier molecular flexibility index (Phi) is 6.23. The molecule has 1 saturated heterocycles. The first-order valence-electron chi connectivity index (χ1n) is 6.22. The summed E-state index contributed by atoms with van der Waals surface area (Å²) in [5.41, 5.74) is 6.49. The molecule has 1 aromatic rings. The molecule has 1 aromatic carbocycles. The predicted octanol–water partition coefficient (Wildman–Crippen LogP) is 0.257. The molecule has 0 unspecified atom stereocenters. The van der Waals surface area contributed by atoms with Crippen molar-refractivity contribution in [1.29, 1.82) is 0 Å². The molecule has 0 spiro atoms. The van der Waals surface area contributed by atoms with Crippen molar-refractivity contribution in [1.82, 2.24) is 10.6 Å². The average Bonchev–Trinajstić information content (AvgIpc) is 2.40. The smallest absolute Gasteiger partial charge is 0.294 e. The monoisotopic (exact) mass is 287 g/mol. The third kappa shape index (κ3) is 5.56. The summed E-state index contributed by atoms with van der Waals surface area (Å²) >= 11 is 0. The quantitative estimate of drug-likeness (QED) is 0.459. The van der Waals surface area contributed by atoms with Gasteiger partial charge in [-0.15, -0.1) is 0 Å². The van der Waals surface area contributed by atoms with Crippen LogP contribution in [0, 0.1) is 0 Å². The third-order valence-electron chi connectivity index (χ3n) is 2.70. The summed E-state index contributed by atoms with van der Waals surface area (Å²) < 4.78 is 30.5. The molecule has 0 aliphatic carbocycles. The Hall–Kier alpha value is -1.15. The van der Waals surface area contributed by atoms with E-state index in [0.717, 1.165) is 26.2 Å². The van der Waals surface area contributed by atoms with E-state index in [-0.39, 0.29) is 4.90 Å². The van der Waals surface area contributed by atoms with E-state index in [0.29, 0.717) is 17.7 Å². The molecule has 108 valence electrons. The highest BCUT2D eigenvalue weighted by molar-refractivity contribution is 7.85. The SMILES string of the molecule is C1CNCCN1.CCc1cc(N)ccc1S(=O)(=O)O. The molecule has 6 nitrogen and oxygen atoms in total.